The first kappa shape index (κ1) is 11.9. The molecule has 0 radical (unpaired) electrons. The predicted molar refractivity (Wildman–Crippen MR) is 84.7 cm³/mol. The summed E-state index contributed by atoms with van der Waals surface area (Å²) in [6.07, 6.45) is 1.98. The molecule has 1 N–H and O–H groups in total. The number of carbonyl (C=O) groups is 1. The van der Waals surface area contributed by atoms with Crippen molar-refractivity contribution in [1.29, 1.82) is 0 Å². The van der Waals surface area contributed by atoms with Crippen molar-refractivity contribution in [2.24, 2.45) is 0 Å². The zero-order valence-corrected chi connectivity index (χ0v) is 12.6. The van der Waals surface area contributed by atoms with Gasteiger partial charge in [0.15, 0.2) is 0 Å². The number of aryl methyl sites for hydroxylation is 1. The number of hydrogen-bond donors (Lipinski definition) is 1. The van der Waals surface area contributed by atoms with E-state index in [2.05, 4.69) is 40.9 Å². The Bertz CT molecular complexity index is 672. The molecule has 0 atom stereocenters. The molecule has 90 valence electrons. The van der Waals surface area contributed by atoms with Gasteiger partial charge < -0.3 is 5.32 Å². The first-order chi connectivity index (χ1) is 8.65. The van der Waals surface area contributed by atoms with Gasteiger partial charge in [0.05, 0.1) is 5.57 Å². The van der Waals surface area contributed by atoms with Crippen molar-refractivity contribution in [3.05, 3.63) is 49.2 Å². The summed E-state index contributed by atoms with van der Waals surface area (Å²) in [4.78, 5) is 13.1. The lowest BCUT2D eigenvalue weighted by molar-refractivity contribution is -0.110. The minimum atomic E-state index is -0.0141. The van der Waals surface area contributed by atoms with Crippen LogP contribution in [0.5, 0.6) is 0 Å². The quantitative estimate of drug-likeness (QED) is 0.595. The molecule has 0 saturated carbocycles. The van der Waals surface area contributed by atoms with Crippen LogP contribution in [0.4, 0.5) is 5.69 Å². The second kappa shape index (κ2) is 4.51. The third-order valence-electron chi connectivity index (χ3n) is 2.94. The maximum Gasteiger partial charge on any atom is 0.256 e. The van der Waals surface area contributed by atoms with E-state index < -0.39 is 0 Å². The highest BCUT2D eigenvalue weighted by molar-refractivity contribution is 14.1. The zero-order valence-electron chi connectivity index (χ0n) is 9.66. The van der Waals surface area contributed by atoms with E-state index in [0.717, 1.165) is 25.3 Å². The molecule has 0 unspecified atom stereocenters. The summed E-state index contributed by atoms with van der Waals surface area (Å²) >= 11 is 3.92. The number of thiophene rings is 1. The van der Waals surface area contributed by atoms with Gasteiger partial charge in [-0.1, -0.05) is 0 Å². The minimum Gasteiger partial charge on any atom is -0.321 e. The maximum atomic E-state index is 12.0. The SMILES string of the molecule is Cc1ccsc1C=C1C(=O)Nc2ccc(I)cc21. The van der Waals surface area contributed by atoms with Crippen LogP contribution >= 0.6 is 33.9 Å². The summed E-state index contributed by atoms with van der Waals surface area (Å²) in [7, 11) is 0. The van der Waals surface area contributed by atoms with Crippen molar-refractivity contribution in [1.82, 2.24) is 0 Å². The molecule has 0 bridgehead atoms. The number of fused-ring (bicyclic) bond motifs is 1. The van der Waals surface area contributed by atoms with Crippen molar-refractivity contribution in [2.75, 3.05) is 5.32 Å². The van der Waals surface area contributed by atoms with Crippen LogP contribution in [-0.4, -0.2) is 5.91 Å². The molecule has 18 heavy (non-hydrogen) atoms. The molecular weight excluding hydrogens is 357 g/mol. The van der Waals surface area contributed by atoms with Crippen LogP contribution < -0.4 is 5.32 Å². The predicted octanol–water partition coefficient (Wildman–Crippen LogP) is 4.15. The number of anilines is 1. The highest BCUT2D eigenvalue weighted by atomic mass is 127. The van der Waals surface area contributed by atoms with Crippen LogP contribution in [-0.2, 0) is 4.79 Å². The largest absolute Gasteiger partial charge is 0.321 e. The van der Waals surface area contributed by atoms with Crippen molar-refractivity contribution in [2.45, 2.75) is 6.92 Å². The summed E-state index contributed by atoms with van der Waals surface area (Å²) in [5.74, 6) is -0.0141. The first-order valence-corrected chi connectivity index (χ1v) is 7.48. The Kier molecular flexibility index (Phi) is 2.99. The Hall–Kier alpha value is -1.14. The van der Waals surface area contributed by atoms with E-state index in [-0.39, 0.29) is 5.91 Å². The Morgan fingerprint density at radius 1 is 1.33 bits per heavy atom. The van der Waals surface area contributed by atoms with E-state index in [1.165, 1.54) is 5.56 Å². The lowest BCUT2D eigenvalue weighted by Gasteiger charge is -1.99. The van der Waals surface area contributed by atoms with Crippen LogP contribution in [0.25, 0.3) is 11.6 Å². The molecule has 1 aliphatic rings. The Labute approximate surface area is 123 Å². The van der Waals surface area contributed by atoms with Gasteiger partial charge >= 0.3 is 0 Å². The van der Waals surface area contributed by atoms with Gasteiger partial charge in [-0.3, -0.25) is 4.79 Å². The van der Waals surface area contributed by atoms with Crippen LogP contribution in [0.3, 0.4) is 0 Å². The van der Waals surface area contributed by atoms with Crippen LogP contribution in [0.2, 0.25) is 0 Å². The Balaban J connectivity index is 2.14. The highest BCUT2D eigenvalue weighted by Gasteiger charge is 2.24. The van der Waals surface area contributed by atoms with Crippen molar-refractivity contribution in [3.63, 3.8) is 0 Å². The molecular formula is C14H10INOS. The van der Waals surface area contributed by atoms with E-state index in [0.29, 0.717) is 0 Å². The van der Waals surface area contributed by atoms with Gasteiger partial charge in [-0.25, -0.2) is 0 Å². The average molecular weight is 367 g/mol. The third kappa shape index (κ3) is 1.99. The van der Waals surface area contributed by atoms with Gasteiger partial charge in [-0.2, -0.15) is 0 Å². The molecule has 1 aromatic heterocycles. The molecule has 1 amide bonds. The fourth-order valence-electron chi connectivity index (χ4n) is 1.97. The molecule has 1 aliphatic heterocycles. The number of carbonyl (C=O) groups excluding carboxylic acids is 1. The molecule has 2 aromatic rings. The number of rotatable bonds is 1. The molecule has 0 spiro atoms. The highest BCUT2D eigenvalue weighted by Crippen LogP contribution is 2.35. The fourth-order valence-corrected chi connectivity index (χ4v) is 3.32. The normalized spacial score (nSPS) is 15.9. The minimum absolute atomic E-state index is 0.0141. The van der Waals surface area contributed by atoms with Gasteiger partial charge in [0.25, 0.3) is 5.91 Å². The summed E-state index contributed by atoms with van der Waals surface area (Å²) < 4.78 is 1.14. The summed E-state index contributed by atoms with van der Waals surface area (Å²) in [6, 6.07) is 8.07. The molecule has 0 fully saturated rings. The van der Waals surface area contributed by atoms with Crippen LogP contribution in [0.1, 0.15) is 16.0 Å². The van der Waals surface area contributed by atoms with Crippen molar-refractivity contribution in [3.8, 4) is 0 Å². The van der Waals surface area contributed by atoms with E-state index in [1.54, 1.807) is 11.3 Å². The molecule has 4 heteroatoms. The molecule has 1 aromatic carbocycles. The molecule has 3 rings (SSSR count). The molecule has 2 nitrogen and oxygen atoms in total. The number of hydrogen-bond acceptors (Lipinski definition) is 2. The number of halogens is 1. The number of amides is 1. The smallest absolute Gasteiger partial charge is 0.256 e. The molecule has 0 saturated heterocycles. The second-order valence-corrected chi connectivity index (χ2v) is 6.36. The molecule has 2 heterocycles. The lowest BCUT2D eigenvalue weighted by Crippen LogP contribution is -2.03. The van der Waals surface area contributed by atoms with Gasteiger partial charge in [0.2, 0.25) is 0 Å². The third-order valence-corrected chi connectivity index (χ3v) is 4.58. The Morgan fingerprint density at radius 2 is 2.17 bits per heavy atom. The second-order valence-electron chi connectivity index (χ2n) is 4.17. The summed E-state index contributed by atoms with van der Waals surface area (Å²) in [5, 5.41) is 4.95. The van der Waals surface area contributed by atoms with E-state index in [1.807, 2.05) is 29.7 Å². The van der Waals surface area contributed by atoms with Gasteiger partial charge in [-0.15, -0.1) is 11.3 Å². The fraction of sp³-hybridized carbons (Fsp3) is 0.0714. The van der Waals surface area contributed by atoms with E-state index in [4.69, 9.17) is 0 Å². The van der Waals surface area contributed by atoms with Crippen molar-refractivity contribution < 1.29 is 4.79 Å². The molecule has 0 aliphatic carbocycles. The topological polar surface area (TPSA) is 29.1 Å². The van der Waals surface area contributed by atoms with Crippen LogP contribution in [0.15, 0.2) is 29.6 Å². The van der Waals surface area contributed by atoms with E-state index in [9.17, 15) is 4.79 Å². The summed E-state index contributed by atoms with van der Waals surface area (Å²) in [5.41, 5.74) is 3.87. The van der Waals surface area contributed by atoms with Gasteiger partial charge in [0.1, 0.15) is 0 Å². The first-order valence-electron chi connectivity index (χ1n) is 5.52. The van der Waals surface area contributed by atoms with Crippen molar-refractivity contribution >= 4 is 57.2 Å². The lowest BCUT2D eigenvalue weighted by atomic mass is 10.1. The number of nitrogens with one attached hydrogen (secondary N) is 1. The maximum absolute atomic E-state index is 12.0. The average Bonchev–Trinajstić information content (AvgIpc) is 2.86. The van der Waals surface area contributed by atoms with Crippen LogP contribution in [0, 0.1) is 10.5 Å². The van der Waals surface area contributed by atoms with Gasteiger partial charge in [-0.05, 0) is 70.8 Å². The monoisotopic (exact) mass is 367 g/mol. The number of benzene rings is 1. The standard InChI is InChI=1S/C14H10INOS/c1-8-4-5-18-13(8)7-11-10-6-9(15)2-3-12(10)16-14(11)17/h2-7H,1H3,(H,16,17). The Morgan fingerprint density at radius 3 is 2.89 bits per heavy atom. The van der Waals surface area contributed by atoms with E-state index >= 15 is 0 Å². The summed E-state index contributed by atoms with van der Waals surface area (Å²) in [6.45, 7) is 2.06. The zero-order chi connectivity index (χ0) is 12.7. The van der Waals surface area contributed by atoms with Gasteiger partial charge in [0, 0.05) is 19.7 Å².